The molecule has 1 aromatic carbocycles. The topological polar surface area (TPSA) is 210 Å². The molecule has 0 aromatic heterocycles. The molecule has 7 unspecified atom stereocenters. The Kier molecular flexibility index (Phi) is 4.70. The highest BCUT2D eigenvalue weighted by atomic mass is 16.4. The maximum absolute atomic E-state index is 13.4. The summed E-state index contributed by atoms with van der Waals surface area (Å²) in [7, 11) is 0. The molecule has 0 radical (unpaired) electrons. The zero-order valence-corrected chi connectivity index (χ0v) is 16.6. The van der Waals surface area contributed by atoms with Crippen LogP contribution in [0.2, 0.25) is 0 Å². The number of carbonyl (C=O) groups excluding carboxylic acids is 2. The number of Topliss-reactive ketones (excluding diaryl/α,β-unsaturated/α-hetero) is 2. The van der Waals surface area contributed by atoms with Crippen molar-refractivity contribution in [3.8, 4) is 5.75 Å². The van der Waals surface area contributed by atoms with Crippen molar-refractivity contribution in [3.05, 3.63) is 34.4 Å². The highest BCUT2D eigenvalue weighted by molar-refractivity contribution is 6.13. The van der Waals surface area contributed by atoms with E-state index in [4.69, 9.17) is 0 Å². The number of aliphatic hydroxyl groups is 4. The van der Waals surface area contributed by atoms with Gasteiger partial charge in [-0.05, 0) is 17.5 Å². The van der Waals surface area contributed by atoms with Gasteiger partial charge in [0.25, 0.3) is 0 Å². The quantitative estimate of drug-likeness (QED) is 0.284. The summed E-state index contributed by atoms with van der Waals surface area (Å²) in [5.74, 6) is -12.8. The average Bonchev–Trinajstić information content (AvgIpc) is 2.70. The summed E-state index contributed by atoms with van der Waals surface area (Å²) in [5.41, 5.74) is -4.18. The number of phenols is 1. The number of ketones is 2. The fourth-order valence-corrected chi connectivity index (χ4v) is 5.44. The highest BCUT2D eigenvalue weighted by Gasteiger charge is 2.67. The second kappa shape index (κ2) is 6.86. The normalized spacial score (nSPS) is 36.2. The van der Waals surface area contributed by atoms with E-state index < -0.39 is 94.1 Å². The van der Waals surface area contributed by atoms with Crippen LogP contribution in [0.5, 0.6) is 5.75 Å². The number of carboxylic acid groups (broad SMARTS) is 2. The molecule has 11 nitrogen and oxygen atoms in total. The summed E-state index contributed by atoms with van der Waals surface area (Å²) < 4.78 is 0. The Morgan fingerprint density at radius 1 is 1.09 bits per heavy atom. The van der Waals surface area contributed by atoms with Crippen LogP contribution in [-0.2, 0) is 14.4 Å². The molecule has 7 atom stereocenters. The molecule has 11 heteroatoms. The number of carboxylic acids is 2. The van der Waals surface area contributed by atoms with Gasteiger partial charge >= 0.3 is 11.9 Å². The molecule has 3 aliphatic carbocycles. The summed E-state index contributed by atoms with van der Waals surface area (Å²) in [6, 6.07) is 2.42. The molecule has 0 bridgehead atoms. The van der Waals surface area contributed by atoms with Crippen LogP contribution >= 0.6 is 0 Å². The number of hydrogen-bond donors (Lipinski definition) is 7. The molecule has 7 N–H and O–H groups in total. The molecule has 0 spiro atoms. The standard InChI is InChI=1S/C21H20O11/c1-5-6-2-3-7(19(28)29)14(23)11(6)16(25)13-10(5)15(24)8-4-9(22)12(20(30)31)17(26)21(8,32)18(13)27/h2-3,5,8,10,12,15,17,23-26,32H,4H2,1H3,(H,28,29)(H,30,31). The fourth-order valence-electron chi connectivity index (χ4n) is 5.44. The predicted octanol–water partition coefficient (Wildman–Crippen LogP) is -0.582. The molecule has 2 fully saturated rings. The molecule has 170 valence electrons. The van der Waals surface area contributed by atoms with Crippen LogP contribution in [0.4, 0.5) is 0 Å². The highest BCUT2D eigenvalue weighted by Crippen LogP contribution is 2.55. The van der Waals surface area contributed by atoms with E-state index in [1.54, 1.807) is 0 Å². The second-order valence-electron chi connectivity index (χ2n) is 8.49. The van der Waals surface area contributed by atoms with Crippen molar-refractivity contribution >= 4 is 29.3 Å². The van der Waals surface area contributed by atoms with Crippen LogP contribution in [0.25, 0.3) is 5.76 Å². The van der Waals surface area contributed by atoms with Crippen molar-refractivity contribution in [2.24, 2.45) is 17.8 Å². The second-order valence-corrected chi connectivity index (χ2v) is 8.49. The van der Waals surface area contributed by atoms with Crippen LogP contribution < -0.4 is 0 Å². The summed E-state index contributed by atoms with van der Waals surface area (Å²) in [5, 5.41) is 72.6. The number of carbonyl (C=O) groups is 4. The van der Waals surface area contributed by atoms with E-state index >= 15 is 0 Å². The summed E-state index contributed by atoms with van der Waals surface area (Å²) in [4.78, 5) is 48.6. The van der Waals surface area contributed by atoms with Gasteiger partial charge in [-0.3, -0.25) is 14.4 Å². The molecular weight excluding hydrogens is 428 g/mol. The van der Waals surface area contributed by atoms with Crippen molar-refractivity contribution in [2.45, 2.75) is 37.1 Å². The van der Waals surface area contributed by atoms with E-state index in [1.807, 2.05) is 0 Å². The van der Waals surface area contributed by atoms with Crippen LogP contribution in [0, 0.1) is 17.8 Å². The lowest BCUT2D eigenvalue weighted by atomic mass is 9.53. The molecule has 2 saturated carbocycles. The number of aliphatic hydroxyl groups excluding tert-OH is 3. The maximum atomic E-state index is 13.4. The summed E-state index contributed by atoms with van der Waals surface area (Å²) in [6.45, 7) is 1.54. The van der Waals surface area contributed by atoms with Crippen molar-refractivity contribution < 1.29 is 54.9 Å². The smallest absolute Gasteiger partial charge is 0.339 e. The first-order valence-electron chi connectivity index (χ1n) is 9.77. The molecule has 4 rings (SSSR count). The van der Waals surface area contributed by atoms with E-state index in [1.165, 1.54) is 13.0 Å². The third kappa shape index (κ3) is 2.52. The number of fused-ring (bicyclic) bond motifs is 3. The van der Waals surface area contributed by atoms with Gasteiger partial charge in [0.15, 0.2) is 11.4 Å². The van der Waals surface area contributed by atoms with E-state index in [0.29, 0.717) is 0 Å². The SMILES string of the molecule is CC1c2ccc(C(=O)O)c(O)c2C(O)=C2C(=O)C3(O)C(O)C(C(=O)O)C(=O)CC3C(O)C21. The minimum atomic E-state index is -2.90. The van der Waals surface area contributed by atoms with E-state index in [0.717, 1.165) is 6.07 Å². The fraction of sp³-hybridized carbons (Fsp3) is 0.429. The van der Waals surface area contributed by atoms with Crippen molar-refractivity contribution in [3.63, 3.8) is 0 Å². The number of aromatic carboxylic acids is 1. The third-order valence-corrected chi connectivity index (χ3v) is 7.05. The Hall–Kier alpha value is -3.28. The lowest BCUT2D eigenvalue weighted by Gasteiger charge is -2.53. The molecule has 0 amide bonds. The lowest BCUT2D eigenvalue weighted by Crippen LogP contribution is -2.71. The van der Waals surface area contributed by atoms with Gasteiger partial charge in [-0.25, -0.2) is 4.79 Å². The van der Waals surface area contributed by atoms with Crippen LogP contribution in [0.1, 0.15) is 40.7 Å². The van der Waals surface area contributed by atoms with Crippen LogP contribution in [0.15, 0.2) is 17.7 Å². The van der Waals surface area contributed by atoms with Crippen molar-refractivity contribution in [1.29, 1.82) is 0 Å². The van der Waals surface area contributed by atoms with Crippen molar-refractivity contribution in [1.82, 2.24) is 0 Å². The minimum absolute atomic E-state index is 0.224. The van der Waals surface area contributed by atoms with Gasteiger partial charge in [0.05, 0.1) is 11.7 Å². The molecule has 0 aliphatic heterocycles. The third-order valence-electron chi connectivity index (χ3n) is 7.05. The summed E-state index contributed by atoms with van der Waals surface area (Å²) >= 11 is 0. The van der Waals surface area contributed by atoms with Gasteiger partial charge in [0, 0.05) is 23.8 Å². The van der Waals surface area contributed by atoms with Gasteiger partial charge in [-0.2, -0.15) is 0 Å². The molecular formula is C21H20O11. The summed E-state index contributed by atoms with van der Waals surface area (Å²) in [6.07, 6.45) is -4.73. The van der Waals surface area contributed by atoms with Gasteiger partial charge in [0.1, 0.15) is 34.9 Å². The van der Waals surface area contributed by atoms with E-state index in [9.17, 15) is 54.9 Å². The van der Waals surface area contributed by atoms with Gasteiger partial charge in [0.2, 0.25) is 0 Å². The van der Waals surface area contributed by atoms with Crippen molar-refractivity contribution in [2.75, 3.05) is 0 Å². The predicted molar refractivity (Wildman–Crippen MR) is 103 cm³/mol. The molecule has 3 aliphatic rings. The van der Waals surface area contributed by atoms with Crippen LogP contribution in [0.3, 0.4) is 0 Å². The number of hydrogen-bond acceptors (Lipinski definition) is 9. The molecule has 0 saturated heterocycles. The van der Waals surface area contributed by atoms with Crippen LogP contribution in [-0.4, -0.2) is 77.1 Å². The first-order chi connectivity index (χ1) is 14.8. The first kappa shape index (κ1) is 21.9. The average molecular weight is 448 g/mol. The Labute approximate surface area is 179 Å². The maximum Gasteiger partial charge on any atom is 0.339 e. The Bertz CT molecular complexity index is 1120. The Balaban J connectivity index is 1.97. The number of aromatic hydroxyl groups is 1. The lowest BCUT2D eigenvalue weighted by molar-refractivity contribution is -0.204. The molecule has 32 heavy (non-hydrogen) atoms. The van der Waals surface area contributed by atoms with E-state index in [2.05, 4.69) is 0 Å². The number of benzene rings is 1. The Morgan fingerprint density at radius 3 is 2.28 bits per heavy atom. The van der Waals surface area contributed by atoms with Gasteiger partial charge in [-0.1, -0.05) is 13.0 Å². The monoisotopic (exact) mass is 448 g/mol. The zero-order chi connectivity index (χ0) is 23.9. The molecule has 0 heterocycles. The molecule has 1 aromatic rings. The minimum Gasteiger partial charge on any atom is -0.507 e. The van der Waals surface area contributed by atoms with Gasteiger partial charge < -0.3 is 35.7 Å². The largest absolute Gasteiger partial charge is 0.507 e. The van der Waals surface area contributed by atoms with Gasteiger partial charge in [-0.15, -0.1) is 0 Å². The van der Waals surface area contributed by atoms with E-state index in [-0.39, 0.29) is 11.1 Å². The zero-order valence-electron chi connectivity index (χ0n) is 16.6. The Morgan fingerprint density at radius 2 is 1.72 bits per heavy atom. The number of rotatable bonds is 2. The number of aliphatic carboxylic acids is 1. The first-order valence-corrected chi connectivity index (χ1v) is 9.77.